The van der Waals surface area contributed by atoms with E-state index in [0.29, 0.717) is 29.4 Å². The minimum Gasteiger partial charge on any atom is -0.490 e. The van der Waals surface area contributed by atoms with Crippen molar-refractivity contribution >= 4 is 27.5 Å². The minimum atomic E-state index is -0.932. The van der Waals surface area contributed by atoms with Crippen molar-refractivity contribution in [1.82, 2.24) is 9.78 Å². The number of carbonyl (C=O) groups excluding carboxylic acids is 1. The molecule has 2 aromatic carbocycles. The van der Waals surface area contributed by atoms with Gasteiger partial charge in [-0.1, -0.05) is 22.0 Å². The lowest BCUT2D eigenvalue weighted by molar-refractivity contribution is 0.102. The Kier molecular flexibility index (Phi) is 5.85. The first kappa shape index (κ1) is 19.0. The van der Waals surface area contributed by atoms with Gasteiger partial charge in [-0.15, -0.1) is 0 Å². The average molecular weight is 436 g/mol. The van der Waals surface area contributed by atoms with Crippen LogP contribution in [0.4, 0.5) is 14.5 Å². The second kappa shape index (κ2) is 8.30. The van der Waals surface area contributed by atoms with Crippen LogP contribution in [0.2, 0.25) is 0 Å². The van der Waals surface area contributed by atoms with Crippen molar-refractivity contribution in [3.63, 3.8) is 0 Å². The SMILES string of the molecule is Cn1nccc1-c1cccc(NC(=O)c2ccc(F)cc2F)c1OCCBr. The van der Waals surface area contributed by atoms with E-state index in [4.69, 9.17) is 4.74 Å². The Morgan fingerprint density at radius 1 is 1.26 bits per heavy atom. The van der Waals surface area contributed by atoms with E-state index in [0.717, 1.165) is 23.4 Å². The molecule has 0 saturated heterocycles. The fraction of sp³-hybridized carbons (Fsp3) is 0.158. The van der Waals surface area contributed by atoms with Crippen LogP contribution in [0.3, 0.4) is 0 Å². The fourth-order valence-corrected chi connectivity index (χ4v) is 2.80. The second-order valence-corrected chi connectivity index (χ2v) is 6.43. The molecule has 5 nitrogen and oxygen atoms in total. The quantitative estimate of drug-likeness (QED) is 0.584. The van der Waals surface area contributed by atoms with Gasteiger partial charge in [-0.2, -0.15) is 5.10 Å². The summed E-state index contributed by atoms with van der Waals surface area (Å²) in [5.74, 6) is -1.93. The van der Waals surface area contributed by atoms with Gasteiger partial charge in [0.2, 0.25) is 0 Å². The molecular formula is C19H16BrF2N3O2. The average Bonchev–Trinajstić information content (AvgIpc) is 3.06. The third-order valence-electron chi connectivity index (χ3n) is 3.86. The zero-order valence-corrected chi connectivity index (χ0v) is 16.0. The Morgan fingerprint density at radius 3 is 2.74 bits per heavy atom. The zero-order chi connectivity index (χ0) is 19.4. The maximum atomic E-state index is 13.9. The summed E-state index contributed by atoms with van der Waals surface area (Å²) in [4.78, 5) is 12.5. The Bertz CT molecular complexity index is 975. The first-order chi connectivity index (χ1) is 13.0. The van der Waals surface area contributed by atoms with Gasteiger partial charge >= 0.3 is 0 Å². The van der Waals surface area contributed by atoms with Crippen LogP contribution in [0, 0.1) is 11.6 Å². The number of carbonyl (C=O) groups is 1. The van der Waals surface area contributed by atoms with Crippen LogP contribution in [-0.2, 0) is 7.05 Å². The summed E-state index contributed by atoms with van der Waals surface area (Å²) in [6.45, 7) is 0.364. The highest BCUT2D eigenvalue weighted by atomic mass is 79.9. The summed E-state index contributed by atoms with van der Waals surface area (Å²) in [7, 11) is 1.79. The van der Waals surface area contributed by atoms with Crippen molar-refractivity contribution in [3.8, 4) is 17.0 Å². The number of aryl methyl sites for hydroxylation is 1. The van der Waals surface area contributed by atoms with Crippen LogP contribution in [0.5, 0.6) is 5.75 Å². The molecule has 0 saturated carbocycles. The van der Waals surface area contributed by atoms with Crippen molar-refractivity contribution in [3.05, 3.63) is 65.9 Å². The Morgan fingerprint density at radius 2 is 2.07 bits per heavy atom. The van der Waals surface area contributed by atoms with Gasteiger partial charge in [-0.05, 0) is 30.3 Å². The Labute approximate surface area is 163 Å². The van der Waals surface area contributed by atoms with E-state index >= 15 is 0 Å². The number of nitrogens with zero attached hydrogens (tertiary/aromatic N) is 2. The maximum Gasteiger partial charge on any atom is 0.258 e. The van der Waals surface area contributed by atoms with Crippen molar-refractivity contribution in [2.45, 2.75) is 0 Å². The number of rotatable bonds is 6. The summed E-state index contributed by atoms with van der Waals surface area (Å²) in [5, 5.41) is 7.39. The number of nitrogens with one attached hydrogen (secondary N) is 1. The Balaban J connectivity index is 1.99. The zero-order valence-electron chi connectivity index (χ0n) is 14.4. The summed E-state index contributed by atoms with van der Waals surface area (Å²) < 4.78 is 34.5. The van der Waals surface area contributed by atoms with Gasteiger partial charge in [0, 0.05) is 30.2 Å². The summed E-state index contributed by atoms with van der Waals surface area (Å²) in [6, 6.07) is 9.87. The van der Waals surface area contributed by atoms with Crippen LogP contribution in [0.25, 0.3) is 11.3 Å². The lowest BCUT2D eigenvalue weighted by Gasteiger charge is -2.16. The number of hydrogen-bond acceptors (Lipinski definition) is 3. The Hall–Kier alpha value is -2.74. The molecule has 0 unspecified atom stereocenters. The molecule has 0 aliphatic heterocycles. The predicted molar refractivity (Wildman–Crippen MR) is 102 cm³/mol. The van der Waals surface area contributed by atoms with E-state index in [9.17, 15) is 13.6 Å². The largest absolute Gasteiger partial charge is 0.490 e. The van der Waals surface area contributed by atoms with Gasteiger partial charge < -0.3 is 10.1 Å². The van der Waals surface area contributed by atoms with Crippen LogP contribution in [-0.4, -0.2) is 27.6 Å². The molecule has 8 heteroatoms. The normalized spacial score (nSPS) is 10.7. The fourth-order valence-electron chi connectivity index (χ4n) is 2.63. The van der Waals surface area contributed by atoms with E-state index in [-0.39, 0.29) is 5.56 Å². The third kappa shape index (κ3) is 4.16. The predicted octanol–water partition coefficient (Wildman–Crippen LogP) is 4.39. The second-order valence-electron chi connectivity index (χ2n) is 5.64. The summed E-state index contributed by atoms with van der Waals surface area (Å²) in [6.07, 6.45) is 1.66. The number of benzene rings is 2. The topological polar surface area (TPSA) is 56.2 Å². The number of aromatic nitrogens is 2. The number of ether oxygens (including phenoxy) is 1. The minimum absolute atomic E-state index is 0.256. The molecule has 140 valence electrons. The van der Waals surface area contributed by atoms with E-state index in [2.05, 4.69) is 26.3 Å². The molecule has 0 radical (unpaired) electrons. The molecule has 27 heavy (non-hydrogen) atoms. The highest BCUT2D eigenvalue weighted by Gasteiger charge is 2.18. The molecule has 1 amide bonds. The number of hydrogen-bond donors (Lipinski definition) is 1. The lowest BCUT2D eigenvalue weighted by Crippen LogP contribution is -2.15. The van der Waals surface area contributed by atoms with E-state index < -0.39 is 17.5 Å². The molecule has 0 aliphatic rings. The highest BCUT2D eigenvalue weighted by molar-refractivity contribution is 9.09. The van der Waals surface area contributed by atoms with Crippen molar-refractivity contribution in [2.24, 2.45) is 7.05 Å². The van der Waals surface area contributed by atoms with Crippen molar-refractivity contribution in [1.29, 1.82) is 0 Å². The third-order valence-corrected chi connectivity index (χ3v) is 4.18. The summed E-state index contributed by atoms with van der Waals surface area (Å²) >= 11 is 3.31. The van der Waals surface area contributed by atoms with Crippen LogP contribution in [0.15, 0.2) is 48.7 Å². The molecule has 0 bridgehead atoms. The number of amides is 1. The van der Waals surface area contributed by atoms with Crippen LogP contribution in [0.1, 0.15) is 10.4 Å². The van der Waals surface area contributed by atoms with Gasteiger partial charge in [0.25, 0.3) is 5.91 Å². The molecule has 3 rings (SSSR count). The van der Waals surface area contributed by atoms with Gasteiger partial charge in [0.1, 0.15) is 11.6 Å². The molecule has 1 N–H and O–H groups in total. The first-order valence-corrected chi connectivity index (χ1v) is 9.20. The van der Waals surface area contributed by atoms with Gasteiger partial charge in [0.15, 0.2) is 5.75 Å². The first-order valence-electron chi connectivity index (χ1n) is 8.08. The van der Waals surface area contributed by atoms with E-state index in [1.807, 2.05) is 12.1 Å². The standard InChI is InChI=1S/C19H16BrF2N3O2/c1-25-17(7-9-23-25)14-3-2-4-16(18(14)27-10-8-20)24-19(26)13-6-5-12(21)11-15(13)22/h2-7,9,11H,8,10H2,1H3,(H,24,26). The van der Waals surface area contributed by atoms with Crippen LogP contribution < -0.4 is 10.1 Å². The van der Waals surface area contributed by atoms with E-state index in [1.165, 1.54) is 0 Å². The molecular weight excluding hydrogens is 420 g/mol. The van der Waals surface area contributed by atoms with Gasteiger partial charge in [0.05, 0.1) is 23.6 Å². The molecule has 0 spiro atoms. The monoisotopic (exact) mass is 435 g/mol. The number of anilines is 1. The maximum absolute atomic E-state index is 13.9. The molecule has 0 aliphatic carbocycles. The van der Waals surface area contributed by atoms with Gasteiger partial charge in [-0.25, -0.2) is 8.78 Å². The number of para-hydroxylation sites is 1. The summed E-state index contributed by atoms with van der Waals surface area (Å²) in [5.41, 5.74) is 1.65. The molecule has 0 fully saturated rings. The molecule has 0 atom stereocenters. The van der Waals surface area contributed by atoms with Crippen molar-refractivity contribution < 1.29 is 18.3 Å². The molecule has 1 aromatic heterocycles. The van der Waals surface area contributed by atoms with Gasteiger partial charge in [-0.3, -0.25) is 9.48 Å². The highest BCUT2D eigenvalue weighted by Crippen LogP contribution is 2.36. The van der Waals surface area contributed by atoms with Crippen LogP contribution >= 0.6 is 15.9 Å². The van der Waals surface area contributed by atoms with E-state index in [1.54, 1.807) is 30.1 Å². The lowest BCUT2D eigenvalue weighted by atomic mass is 10.1. The number of halogens is 3. The number of alkyl halides is 1. The smallest absolute Gasteiger partial charge is 0.258 e. The molecule has 1 heterocycles. The molecule has 3 aromatic rings. The van der Waals surface area contributed by atoms with Crippen molar-refractivity contribution in [2.75, 3.05) is 17.3 Å².